The van der Waals surface area contributed by atoms with Crippen molar-refractivity contribution in [3.63, 3.8) is 0 Å². The lowest BCUT2D eigenvalue weighted by atomic mass is 9.92. The Labute approximate surface area is 109 Å². The van der Waals surface area contributed by atoms with E-state index in [1.54, 1.807) is 0 Å². The van der Waals surface area contributed by atoms with Gasteiger partial charge < -0.3 is 10.6 Å². The molecule has 1 aromatic rings. The summed E-state index contributed by atoms with van der Waals surface area (Å²) in [5, 5.41) is 6.45. The van der Waals surface area contributed by atoms with E-state index in [9.17, 15) is 4.79 Å². The molecule has 1 heterocycles. The molecule has 1 amide bonds. The van der Waals surface area contributed by atoms with E-state index in [1.807, 2.05) is 26.8 Å². The number of nitrogens with one attached hydrogen (secondary N) is 2. The molecule has 2 N–H and O–H groups in total. The Bertz CT molecular complexity index is 434. The number of carbonyl (C=O) groups excluding carboxylic acids is 1. The Morgan fingerprint density at radius 2 is 2.11 bits per heavy atom. The number of hydrogen-bond donors (Lipinski definition) is 2. The summed E-state index contributed by atoms with van der Waals surface area (Å²) in [6, 6.07) is 8.54. The molecule has 1 unspecified atom stereocenters. The maximum Gasteiger partial charge on any atom is 0.222 e. The molecule has 1 atom stereocenters. The van der Waals surface area contributed by atoms with Crippen LogP contribution in [-0.2, 0) is 11.2 Å². The minimum absolute atomic E-state index is 0.108. The quantitative estimate of drug-likeness (QED) is 0.839. The van der Waals surface area contributed by atoms with Gasteiger partial charge in [-0.15, -0.1) is 0 Å². The second-order valence-electron chi connectivity index (χ2n) is 5.96. The summed E-state index contributed by atoms with van der Waals surface area (Å²) in [5.41, 5.74) is 2.48. The van der Waals surface area contributed by atoms with Gasteiger partial charge in [0, 0.05) is 18.0 Å². The Kier molecular flexibility index (Phi) is 3.71. The van der Waals surface area contributed by atoms with Crippen molar-refractivity contribution in [3.05, 3.63) is 35.4 Å². The summed E-state index contributed by atoms with van der Waals surface area (Å²) >= 11 is 0. The summed E-state index contributed by atoms with van der Waals surface area (Å²) < 4.78 is 0. The Hall–Kier alpha value is -1.35. The molecule has 0 aromatic heterocycles. The van der Waals surface area contributed by atoms with Crippen LogP contribution < -0.4 is 10.6 Å². The molecule has 0 bridgehead atoms. The topological polar surface area (TPSA) is 41.1 Å². The van der Waals surface area contributed by atoms with Crippen LogP contribution in [0, 0.1) is 0 Å². The van der Waals surface area contributed by atoms with Crippen LogP contribution in [0.3, 0.4) is 0 Å². The summed E-state index contributed by atoms with van der Waals surface area (Å²) in [6.45, 7) is 6.97. The van der Waals surface area contributed by atoms with Crippen molar-refractivity contribution in [2.45, 2.75) is 45.2 Å². The van der Waals surface area contributed by atoms with Crippen molar-refractivity contribution in [1.82, 2.24) is 10.6 Å². The first kappa shape index (κ1) is 13.1. The third-order valence-corrected chi connectivity index (χ3v) is 3.12. The fourth-order valence-electron chi connectivity index (χ4n) is 2.43. The van der Waals surface area contributed by atoms with E-state index in [-0.39, 0.29) is 17.5 Å². The van der Waals surface area contributed by atoms with E-state index in [0.29, 0.717) is 6.42 Å². The zero-order chi connectivity index (χ0) is 13.2. The first-order valence-corrected chi connectivity index (χ1v) is 6.58. The van der Waals surface area contributed by atoms with Crippen LogP contribution in [0.25, 0.3) is 0 Å². The van der Waals surface area contributed by atoms with Crippen LogP contribution >= 0.6 is 0 Å². The summed E-state index contributed by atoms with van der Waals surface area (Å²) in [5.74, 6) is 0.108. The van der Waals surface area contributed by atoms with Gasteiger partial charge in [0.05, 0.1) is 0 Å². The largest absolute Gasteiger partial charge is 0.351 e. The van der Waals surface area contributed by atoms with Crippen molar-refractivity contribution in [1.29, 1.82) is 0 Å². The zero-order valence-electron chi connectivity index (χ0n) is 11.4. The van der Waals surface area contributed by atoms with Gasteiger partial charge in [0.25, 0.3) is 0 Å². The Balaban J connectivity index is 2.05. The van der Waals surface area contributed by atoms with Gasteiger partial charge in [0.1, 0.15) is 0 Å². The van der Waals surface area contributed by atoms with Crippen molar-refractivity contribution in [2.75, 3.05) is 6.54 Å². The molecular weight excluding hydrogens is 224 g/mol. The number of fused-ring (bicyclic) bond motifs is 1. The van der Waals surface area contributed by atoms with Crippen molar-refractivity contribution >= 4 is 5.91 Å². The third kappa shape index (κ3) is 3.33. The number of carbonyl (C=O) groups is 1. The number of benzene rings is 1. The smallest absolute Gasteiger partial charge is 0.222 e. The minimum atomic E-state index is -0.161. The highest BCUT2D eigenvalue weighted by atomic mass is 16.1. The van der Waals surface area contributed by atoms with Crippen molar-refractivity contribution < 1.29 is 4.79 Å². The Morgan fingerprint density at radius 1 is 1.39 bits per heavy atom. The van der Waals surface area contributed by atoms with Gasteiger partial charge in [0.15, 0.2) is 0 Å². The van der Waals surface area contributed by atoms with E-state index in [4.69, 9.17) is 0 Å². The molecule has 2 rings (SSSR count). The zero-order valence-corrected chi connectivity index (χ0v) is 11.4. The standard InChI is InChI=1S/C15H22N2O/c1-15(2,3)17-14(18)10-13-12-7-5-4-6-11(12)8-9-16-13/h4-7,13,16H,8-10H2,1-3H3,(H,17,18). The van der Waals surface area contributed by atoms with Crippen molar-refractivity contribution in [3.8, 4) is 0 Å². The number of hydrogen-bond acceptors (Lipinski definition) is 2. The molecule has 0 radical (unpaired) electrons. The van der Waals surface area contributed by atoms with Gasteiger partial charge in [-0.1, -0.05) is 24.3 Å². The molecule has 18 heavy (non-hydrogen) atoms. The maximum atomic E-state index is 12.0. The van der Waals surface area contributed by atoms with Crippen LogP contribution in [0.2, 0.25) is 0 Å². The fraction of sp³-hybridized carbons (Fsp3) is 0.533. The van der Waals surface area contributed by atoms with Gasteiger partial charge in [-0.05, 0) is 44.9 Å². The highest BCUT2D eigenvalue weighted by molar-refractivity contribution is 5.77. The summed E-state index contributed by atoms with van der Waals surface area (Å²) in [6.07, 6.45) is 1.56. The van der Waals surface area contributed by atoms with E-state index in [2.05, 4.69) is 28.8 Å². The molecule has 1 aromatic carbocycles. The van der Waals surface area contributed by atoms with Crippen LogP contribution in [0.5, 0.6) is 0 Å². The van der Waals surface area contributed by atoms with E-state index in [0.717, 1.165) is 13.0 Å². The van der Waals surface area contributed by atoms with Crippen molar-refractivity contribution in [2.24, 2.45) is 0 Å². The molecule has 0 spiro atoms. The molecule has 1 aliphatic rings. The maximum absolute atomic E-state index is 12.0. The predicted octanol–water partition coefficient (Wildman–Crippen LogP) is 2.18. The second-order valence-corrected chi connectivity index (χ2v) is 5.96. The van der Waals surface area contributed by atoms with Gasteiger partial charge in [-0.3, -0.25) is 4.79 Å². The monoisotopic (exact) mass is 246 g/mol. The first-order valence-electron chi connectivity index (χ1n) is 6.58. The highest BCUT2D eigenvalue weighted by Gasteiger charge is 2.23. The minimum Gasteiger partial charge on any atom is -0.351 e. The van der Waals surface area contributed by atoms with Gasteiger partial charge >= 0.3 is 0 Å². The Morgan fingerprint density at radius 3 is 2.83 bits per heavy atom. The van der Waals surface area contributed by atoms with E-state index in [1.165, 1.54) is 11.1 Å². The van der Waals surface area contributed by atoms with Gasteiger partial charge in [0.2, 0.25) is 5.91 Å². The normalized spacial score (nSPS) is 19.2. The SMILES string of the molecule is CC(C)(C)NC(=O)CC1NCCc2ccccc21. The summed E-state index contributed by atoms with van der Waals surface area (Å²) in [7, 11) is 0. The predicted molar refractivity (Wildman–Crippen MR) is 73.4 cm³/mol. The average molecular weight is 246 g/mol. The molecule has 0 aliphatic carbocycles. The highest BCUT2D eigenvalue weighted by Crippen LogP contribution is 2.25. The lowest BCUT2D eigenvalue weighted by molar-refractivity contribution is -0.123. The van der Waals surface area contributed by atoms with Crippen LogP contribution in [0.4, 0.5) is 0 Å². The summed E-state index contributed by atoms with van der Waals surface area (Å²) in [4.78, 5) is 12.0. The second kappa shape index (κ2) is 5.11. The van der Waals surface area contributed by atoms with Crippen LogP contribution in [0.1, 0.15) is 44.4 Å². The molecule has 0 saturated heterocycles. The van der Waals surface area contributed by atoms with E-state index < -0.39 is 0 Å². The first-order chi connectivity index (χ1) is 8.46. The number of amides is 1. The lowest BCUT2D eigenvalue weighted by Crippen LogP contribution is -2.43. The van der Waals surface area contributed by atoms with Gasteiger partial charge in [-0.25, -0.2) is 0 Å². The molecule has 0 fully saturated rings. The molecule has 0 saturated carbocycles. The van der Waals surface area contributed by atoms with E-state index >= 15 is 0 Å². The lowest BCUT2D eigenvalue weighted by Gasteiger charge is -2.28. The molecule has 98 valence electrons. The van der Waals surface area contributed by atoms with Gasteiger partial charge in [-0.2, -0.15) is 0 Å². The number of rotatable bonds is 2. The fourth-order valence-corrected chi connectivity index (χ4v) is 2.43. The average Bonchev–Trinajstić information content (AvgIpc) is 2.27. The molecule has 3 nitrogen and oxygen atoms in total. The third-order valence-electron chi connectivity index (χ3n) is 3.12. The molecule has 1 aliphatic heterocycles. The van der Waals surface area contributed by atoms with Crippen LogP contribution in [0.15, 0.2) is 24.3 Å². The molecule has 3 heteroatoms. The molecular formula is C15H22N2O. The van der Waals surface area contributed by atoms with Crippen LogP contribution in [-0.4, -0.2) is 18.0 Å².